The Hall–Kier alpha value is -1.58. The first-order valence-electron chi connectivity index (χ1n) is 6.05. The molecule has 0 unspecified atom stereocenters. The van der Waals surface area contributed by atoms with Crippen molar-refractivity contribution in [3.63, 3.8) is 0 Å². The molecule has 0 atom stereocenters. The second-order valence-electron chi connectivity index (χ2n) is 4.34. The van der Waals surface area contributed by atoms with Crippen LogP contribution >= 0.6 is 27.5 Å². The highest BCUT2D eigenvalue weighted by atomic mass is 79.9. The summed E-state index contributed by atoms with van der Waals surface area (Å²) < 4.78 is 1.01. The van der Waals surface area contributed by atoms with Gasteiger partial charge in [0, 0.05) is 21.3 Å². The molecule has 0 heterocycles. The summed E-state index contributed by atoms with van der Waals surface area (Å²) in [6.45, 7) is 1.92. The van der Waals surface area contributed by atoms with Crippen LogP contribution in [-0.2, 0) is 4.79 Å². The number of nitrogens with one attached hydrogen (secondary N) is 1. The molecule has 0 saturated heterocycles. The number of anilines is 1. The van der Waals surface area contributed by atoms with Crippen LogP contribution in [0.15, 0.2) is 53.0 Å². The summed E-state index contributed by atoms with van der Waals surface area (Å²) in [5, 5.41) is 3.41. The molecule has 2 aromatic carbocycles. The van der Waals surface area contributed by atoms with Crippen molar-refractivity contribution in [2.24, 2.45) is 0 Å². The maximum atomic E-state index is 11.8. The topological polar surface area (TPSA) is 29.1 Å². The number of hydrogen-bond donors (Lipinski definition) is 1. The molecule has 0 aliphatic heterocycles. The van der Waals surface area contributed by atoms with Gasteiger partial charge in [0.1, 0.15) is 0 Å². The zero-order chi connectivity index (χ0) is 14.5. The standard InChI is InChI=1S/C16H13BrClNO/c1-11-2-8-14(10-15(11)18)19-16(20)9-5-12-3-6-13(17)7-4-12/h2-10H,1H3,(H,19,20). The van der Waals surface area contributed by atoms with Gasteiger partial charge in [-0.05, 0) is 48.4 Å². The van der Waals surface area contributed by atoms with Gasteiger partial charge in [0.15, 0.2) is 0 Å². The minimum absolute atomic E-state index is 0.187. The highest BCUT2D eigenvalue weighted by molar-refractivity contribution is 9.10. The molecule has 2 nitrogen and oxygen atoms in total. The fourth-order valence-electron chi connectivity index (χ4n) is 1.60. The summed E-state index contributed by atoms with van der Waals surface area (Å²) in [6, 6.07) is 13.1. The number of amides is 1. The second-order valence-corrected chi connectivity index (χ2v) is 5.66. The largest absolute Gasteiger partial charge is 0.322 e. The Morgan fingerprint density at radius 1 is 1.20 bits per heavy atom. The molecule has 0 radical (unpaired) electrons. The van der Waals surface area contributed by atoms with Gasteiger partial charge in [0.2, 0.25) is 5.91 Å². The van der Waals surface area contributed by atoms with E-state index in [2.05, 4.69) is 21.2 Å². The van der Waals surface area contributed by atoms with Gasteiger partial charge in [-0.25, -0.2) is 0 Å². The van der Waals surface area contributed by atoms with Gasteiger partial charge in [-0.3, -0.25) is 4.79 Å². The van der Waals surface area contributed by atoms with Crippen molar-refractivity contribution in [3.05, 3.63) is 69.2 Å². The lowest BCUT2D eigenvalue weighted by atomic mass is 10.2. The van der Waals surface area contributed by atoms with Gasteiger partial charge in [-0.15, -0.1) is 0 Å². The van der Waals surface area contributed by atoms with Gasteiger partial charge >= 0.3 is 0 Å². The van der Waals surface area contributed by atoms with Gasteiger partial charge in [0.25, 0.3) is 0 Å². The molecule has 0 aromatic heterocycles. The Morgan fingerprint density at radius 2 is 1.90 bits per heavy atom. The molecule has 0 saturated carbocycles. The SMILES string of the molecule is Cc1ccc(NC(=O)C=Cc2ccc(Br)cc2)cc1Cl. The molecule has 2 aromatic rings. The normalized spacial score (nSPS) is 10.8. The van der Waals surface area contributed by atoms with Crippen LogP contribution in [0, 0.1) is 6.92 Å². The number of carbonyl (C=O) groups excluding carboxylic acids is 1. The van der Waals surface area contributed by atoms with E-state index in [0.717, 1.165) is 15.6 Å². The number of hydrogen-bond acceptors (Lipinski definition) is 1. The quantitative estimate of drug-likeness (QED) is 0.770. The highest BCUT2D eigenvalue weighted by Crippen LogP contribution is 2.20. The summed E-state index contributed by atoms with van der Waals surface area (Å²) in [6.07, 6.45) is 3.26. The third kappa shape index (κ3) is 4.22. The smallest absolute Gasteiger partial charge is 0.248 e. The molecule has 4 heteroatoms. The maximum Gasteiger partial charge on any atom is 0.248 e. The van der Waals surface area contributed by atoms with Crippen molar-refractivity contribution in [2.45, 2.75) is 6.92 Å². The summed E-state index contributed by atoms with van der Waals surface area (Å²) >= 11 is 9.38. The Balaban J connectivity index is 2.01. The number of carbonyl (C=O) groups is 1. The average molecular weight is 351 g/mol. The lowest BCUT2D eigenvalue weighted by molar-refractivity contribution is -0.111. The molecular formula is C16H13BrClNO. The summed E-state index contributed by atoms with van der Waals surface area (Å²) in [5.41, 5.74) is 2.63. The van der Waals surface area contributed by atoms with E-state index in [-0.39, 0.29) is 5.91 Å². The molecule has 2 rings (SSSR count). The molecule has 0 aliphatic rings. The van der Waals surface area contributed by atoms with Crippen molar-refractivity contribution >= 4 is 45.2 Å². The van der Waals surface area contributed by atoms with Crippen molar-refractivity contribution in [3.8, 4) is 0 Å². The van der Waals surface area contributed by atoms with Crippen molar-refractivity contribution < 1.29 is 4.79 Å². The average Bonchev–Trinajstić information content (AvgIpc) is 2.42. The lowest BCUT2D eigenvalue weighted by Gasteiger charge is -2.04. The molecule has 0 spiro atoms. The number of aryl methyl sites for hydroxylation is 1. The number of rotatable bonds is 3. The predicted octanol–water partition coefficient (Wildman–Crippen LogP) is 5.06. The monoisotopic (exact) mass is 349 g/mol. The fraction of sp³-hybridized carbons (Fsp3) is 0.0625. The minimum Gasteiger partial charge on any atom is -0.322 e. The van der Waals surface area contributed by atoms with E-state index < -0.39 is 0 Å². The molecule has 1 N–H and O–H groups in total. The molecule has 0 bridgehead atoms. The molecule has 20 heavy (non-hydrogen) atoms. The van der Waals surface area contributed by atoms with E-state index in [4.69, 9.17) is 11.6 Å². The van der Waals surface area contributed by atoms with Crippen LogP contribution in [0.5, 0.6) is 0 Å². The van der Waals surface area contributed by atoms with Crippen LogP contribution in [0.2, 0.25) is 5.02 Å². The summed E-state index contributed by atoms with van der Waals surface area (Å²) in [4.78, 5) is 11.8. The summed E-state index contributed by atoms with van der Waals surface area (Å²) in [5.74, 6) is -0.187. The number of benzene rings is 2. The Bertz CT molecular complexity index is 650. The van der Waals surface area contributed by atoms with Crippen LogP contribution in [0.25, 0.3) is 6.08 Å². The van der Waals surface area contributed by atoms with E-state index in [9.17, 15) is 4.79 Å². The molecular weight excluding hydrogens is 338 g/mol. The number of halogens is 2. The van der Waals surface area contributed by atoms with Gasteiger partial charge in [-0.1, -0.05) is 45.7 Å². The van der Waals surface area contributed by atoms with Crippen LogP contribution in [0.1, 0.15) is 11.1 Å². The third-order valence-corrected chi connectivity index (χ3v) is 3.67. The van der Waals surface area contributed by atoms with E-state index in [0.29, 0.717) is 10.7 Å². The first-order valence-corrected chi connectivity index (χ1v) is 7.22. The predicted molar refractivity (Wildman–Crippen MR) is 88.0 cm³/mol. The molecule has 0 aliphatic carbocycles. The Labute approximate surface area is 131 Å². The Kier molecular flexibility index (Phi) is 4.99. The van der Waals surface area contributed by atoms with Crippen molar-refractivity contribution in [1.82, 2.24) is 0 Å². The third-order valence-electron chi connectivity index (χ3n) is 2.74. The Morgan fingerprint density at radius 3 is 2.55 bits per heavy atom. The lowest BCUT2D eigenvalue weighted by Crippen LogP contribution is -2.07. The van der Waals surface area contributed by atoms with Crippen LogP contribution < -0.4 is 5.32 Å². The first-order chi connectivity index (χ1) is 9.54. The fourth-order valence-corrected chi connectivity index (χ4v) is 2.05. The van der Waals surface area contributed by atoms with Crippen molar-refractivity contribution in [2.75, 3.05) is 5.32 Å². The van der Waals surface area contributed by atoms with Gasteiger partial charge in [0.05, 0.1) is 0 Å². The molecule has 1 amide bonds. The van der Waals surface area contributed by atoms with E-state index in [1.54, 1.807) is 12.1 Å². The highest BCUT2D eigenvalue weighted by Gasteiger charge is 2.00. The maximum absolute atomic E-state index is 11.8. The zero-order valence-electron chi connectivity index (χ0n) is 10.9. The van der Waals surface area contributed by atoms with Crippen LogP contribution in [0.3, 0.4) is 0 Å². The summed E-state index contributed by atoms with van der Waals surface area (Å²) in [7, 11) is 0. The molecule has 102 valence electrons. The van der Waals surface area contributed by atoms with Crippen molar-refractivity contribution in [1.29, 1.82) is 0 Å². The van der Waals surface area contributed by atoms with Crippen LogP contribution in [-0.4, -0.2) is 5.91 Å². The zero-order valence-corrected chi connectivity index (χ0v) is 13.2. The van der Waals surface area contributed by atoms with Gasteiger partial charge in [-0.2, -0.15) is 0 Å². The second kappa shape index (κ2) is 6.73. The van der Waals surface area contributed by atoms with Gasteiger partial charge < -0.3 is 5.32 Å². The van der Waals surface area contributed by atoms with E-state index in [1.807, 2.05) is 43.3 Å². The first kappa shape index (κ1) is 14.8. The van der Waals surface area contributed by atoms with Crippen LogP contribution in [0.4, 0.5) is 5.69 Å². The van der Waals surface area contributed by atoms with E-state index in [1.165, 1.54) is 6.08 Å². The molecule has 0 fully saturated rings. The minimum atomic E-state index is -0.187. The van der Waals surface area contributed by atoms with E-state index >= 15 is 0 Å².